The van der Waals surface area contributed by atoms with Gasteiger partial charge in [0, 0.05) is 54.9 Å². The number of allylic oxidation sites excluding steroid dienone is 7. The molecule has 1 aromatic rings. The van der Waals surface area contributed by atoms with E-state index >= 15 is 0 Å². The molecule has 0 heterocycles. The summed E-state index contributed by atoms with van der Waals surface area (Å²) in [5, 5.41) is 13.2. The standard InChI is InChI=1S/C36H52N2O2/c1-5-9-13-25-37(26-14-10-6-2)31-21-17-29(18-22-31)33-35(39)34(36(33)40)30-19-23-32(24-20-30)38(27-15-11-7-3)28-16-12-8-4/h17-24H,5-16,25-28H2,1-4H3. The molecule has 0 radical (unpaired) electrons. The van der Waals surface area contributed by atoms with Crippen molar-refractivity contribution >= 4 is 22.8 Å². The fourth-order valence-corrected chi connectivity index (χ4v) is 5.55. The number of carbonyl (C=O) groups excluding carboxylic acids is 1. The molecule has 40 heavy (non-hydrogen) atoms. The first-order chi connectivity index (χ1) is 19.5. The Morgan fingerprint density at radius 3 is 1.62 bits per heavy atom. The van der Waals surface area contributed by atoms with E-state index in [0.717, 1.165) is 37.3 Å². The lowest BCUT2D eigenvalue weighted by Gasteiger charge is -2.32. The number of unbranched alkanes of at least 4 members (excludes halogenated alkanes) is 8. The van der Waals surface area contributed by atoms with Crippen molar-refractivity contribution in [2.45, 2.75) is 105 Å². The zero-order valence-corrected chi connectivity index (χ0v) is 25.6. The summed E-state index contributed by atoms with van der Waals surface area (Å²) in [5.74, 6) is -0.257. The third kappa shape index (κ3) is 8.56. The lowest BCUT2D eigenvalue weighted by Crippen LogP contribution is -2.30. The number of rotatable bonds is 18. The van der Waals surface area contributed by atoms with Crippen LogP contribution in [0.15, 0.2) is 65.5 Å². The van der Waals surface area contributed by atoms with Crippen LogP contribution in [0, 0.1) is 0 Å². The van der Waals surface area contributed by atoms with Crippen LogP contribution in [0.25, 0.3) is 5.57 Å². The maximum absolute atomic E-state index is 13.2. The van der Waals surface area contributed by atoms with Crippen molar-refractivity contribution in [1.82, 2.24) is 0 Å². The Morgan fingerprint density at radius 1 is 0.650 bits per heavy atom. The molecular weight excluding hydrogens is 492 g/mol. The molecule has 0 spiro atoms. The minimum absolute atomic E-state index is 0.129. The smallest absolute Gasteiger partial charge is 0.199 e. The second-order valence-corrected chi connectivity index (χ2v) is 11.3. The second-order valence-electron chi connectivity index (χ2n) is 11.3. The van der Waals surface area contributed by atoms with Crippen molar-refractivity contribution in [3.8, 4) is 0 Å². The summed E-state index contributed by atoms with van der Waals surface area (Å²) in [5.41, 5.74) is 4.49. The van der Waals surface area contributed by atoms with Gasteiger partial charge in [-0.25, -0.2) is 4.58 Å². The van der Waals surface area contributed by atoms with E-state index in [1.54, 1.807) is 0 Å². The first kappa shape index (κ1) is 31.6. The molecule has 0 fully saturated rings. The molecule has 0 saturated heterocycles. The third-order valence-corrected chi connectivity index (χ3v) is 8.08. The molecule has 0 aromatic heterocycles. The van der Waals surface area contributed by atoms with Gasteiger partial charge < -0.3 is 10.0 Å². The van der Waals surface area contributed by atoms with E-state index in [9.17, 15) is 9.90 Å². The first-order valence-electron chi connectivity index (χ1n) is 16.1. The van der Waals surface area contributed by atoms with E-state index < -0.39 is 0 Å². The lowest BCUT2D eigenvalue weighted by atomic mass is 9.80. The predicted molar refractivity (Wildman–Crippen MR) is 169 cm³/mol. The maximum atomic E-state index is 13.2. The molecule has 0 unspecified atom stereocenters. The monoisotopic (exact) mass is 544 g/mol. The zero-order chi connectivity index (χ0) is 28.7. The van der Waals surface area contributed by atoms with Gasteiger partial charge in [0.25, 0.3) is 0 Å². The summed E-state index contributed by atoms with van der Waals surface area (Å²) in [4.78, 5) is 15.6. The SMILES string of the molecule is CCCCCN(CCCCC)c1ccc(C2=C([O-])C(=C3C=CC(=[N+](CCCCC)CCCCC)C=C3)C2=O)cc1. The number of benzene rings is 1. The van der Waals surface area contributed by atoms with Crippen LogP contribution in [-0.4, -0.2) is 42.2 Å². The summed E-state index contributed by atoms with van der Waals surface area (Å²) in [6.45, 7) is 13.1. The van der Waals surface area contributed by atoms with Gasteiger partial charge in [-0.2, -0.15) is 0 Å². The Morgan fingerprint density at radius 2 is 1.15 bits per heavy atom. The van der Waals surface area contributed by atoms with Gasteiger partial charge in [-0.1, -0.05) is 84.1 Å². The number of carbonyl (C=O) groups is 1. The molecule has 0 saturated carbocycles. The van der Waals surface area contributed by atoms with Crippen LogP contribution in [0.4, 0.5) is 5.69 Å². The van der Waals surface area contributed by atoms with Gasteiger partial charge in [0.1, 0.15) is 13.1 Å². The molecule has 0 bridgehead atoms. The molecule has 0 atom stereocenters. The maximum Gasteiger partial charge on any atom is 0.199 e. The third-order valence-electron chi connectivity index (χ3n) is 8.08. The van der Waals surface area contributed by atoms with Crippen LogP contribution in [0.1, 0.15) is 110 Å². The molecule has 1 aromatic carbocycles. The van der Waals surface area contributed by atoms with E-state index in [1.165, 1.54) is 88.4 Å². The van der Waals surface area contributed by atoms with Gasteiger partial charge in [-0.15, -0.1) is 0 Å². The normalized spacial score (nSPS) is 14.8. The van der Waals surface area contributed by atoms with Crippen molar-refractivity contribution in [3.63, 3.8) is 0 Å². The van der Waals surface area contributed by atoms with E-state index in [0.29, 0.717) is 11.1 Å². The Balaban J connectivity index is 1.76. The predicted octanol–water partition coefficient (Wildman–Crippen LogP) is 7.78. The number of anilines is 1. The molecule has 2 aliphatic carbocycles. The molecule has 2 aliphatic rings. The van der Waals surface area contributed by atoms with Crippen LogP contribution in [0.3, 0.4) is 0 Å². The molecule has 3 rings (SSSR count). The van der Waals surface area contributed by atoms with Crippen LogP contribution in [0.5, 0.6) is 0 Å². The second kappa shape index (κ2) is 17.0. The molecule has 4 heteroatoms. The van der Waals surface area contributed by atoms with Crippen LogP contribution < -0.4 is 10.0 Å². The van der Waals surface area contributed by atoms with Gasteiger partial charge in [-0.05, 0) is 61.1 Å². The van der Waals surface area contributed by atoms with E-state index in [4.69, 9.17) is 0 Å². The van der Waals surface area contributed by atoms with Gasteiger partial charge in [0.15, 0.2) is 11.5 Å². The summed E-state index contributed by atoms with van der Waals surface area (Å²) >= 11 is 0. The van der Waals surface area contributed by atoms with E-state index in [1.807, 2.05) is 24.3 Å². The quantitative estimate of drug-likeness (QED) is 0.108. The number of Topliss-reactive ketones (excluding diaryl/α,β-unsaturated/α-hetero) is 1. The van der Waals surface area contributed by atoms with Crippen LogP contribution in [0.2, 0.25) is 0 Å². The van der Waals surface area contributed by atoms with Crippen molar-refractivity contribution in [1.29, 1.82) is 0 Å². The Labute approximate surface area is 243 Å². The summed E-state index contributed by atoms with van der Waals surface area (Å²) in [6.07, 6.45) is 22.6. The highest BCUT2D eigenvalue weighted by Crippen LogP contribution is 2.38. The fraction of sp³-hybridized carbons (Fsp3) is 0.556. The Bertz CT molecular complexity index is 1080. The number of hydrogen-bond acceptors (Lipinski definition) is 3. The van der Waals surface area contributed by atoms with E-state index in [-0.39, 0.29) is 11.5 Å². The largest absolute Gasteiger partial charge is 0.871 e. The van der Waals surface area contributed by atoms with Crippen molar-refractivity contribution in [2.75, 3.05) is 31.1 Å². The van der Waals surface area contributed by atoms with Crippen LogP contribution in [-0.2, 0) is 4.79 Å². The summed E-state index contributed by atoms with van der Waals surface area (Å²) in [7, 11) is 0. The highest BCUT2D eigenvalue weighted by molar-refractivity contribution is 6.39. The van der Waals surface area contributed by atoms with E-state index in [2.05, 4.69) is 61.5 Å². The summed E-state index contributed by atoms with van der Waals surface area (Å²) in [6, 6.07) is 8.08. The number of hydrogen-bond donors (Lipinski definition) is 0. The van der Waals surface area contributed by atoms with Crippen molar-refractivity contribution in [3.05, 3.63) is 71.0 Å². The molecule has 0 aliphatic heterocycles. The Hall–Kier alpha value is -2.88. The van der Waals surface area contributed by atoms with Crippen molar-refractivity contribution < 1.29 is 14.5 Å². The summed E-state index contributed by atoms with van der Waals surface area (Å²) < 4.78 is 2.46. The van der Waals surface area contributed by atoms with Gasteiger partial charge >= 0.3 is 0 Å². The lowest BCUT2D eigenvalue weighted by molar-refractivity contribution is -0.527. The molecule has 0 amide bonds. The average molecular weight is 545 g/mol. The fourth-order valence-electron chi connectivity index (χ4n) is 5.55. The van der Waals surface area contributed by atoms with Crippen molar-refractivity contribution in [2.24, 2.45) is 0 Å². The molecule has 4 nitrogen and oxygen atoms in total. The van der Waals surface area contributed by atoms with Gasteiger partial charge in [-0.3, -0.25) is 4.79 Å². The first-order valence-corrected chi connectivity index (χ1v) is 16.1. The minimum Gasteiger partial charge on any atom is -0.871 e. The molecule has 0 N–H and O–H groups in total. The highest BCUT2D eigenvalue weighted by atomic mass is 16.3. The highest BCUT2D eigenvalue weighted by Gasteiger charge is 2.30. The molecular formula is C36H52N2O2. The number of ketones is 1. The van der Waals surface area contributed by atoms with Gasteiger partial charge in [0.2, 0.25) is 0 Å². The Kier molecular flexibility index (Phi) is 13.5. The van der Waals surface area contributed by atoms with Crippen LogP contribution >= 0.6 is 0 Å². The zero-order valence-electron chi connectivity index (χ0n) is 25.6. The minimum atomic E-state index is -0.129. The van der Waals surface area contributed by atoms with Gasteiger partial charge in [0.05, 0.1) is 0 Å². The number of nitrogens with zero attached hydrogens (tertiary/aromatic N) is 2. The average Bonchev–Trinajstić information content (AvgIpc) is 2.97. The molecule has 218 valence electrons. The topological polar surface area (TPSA) is 46.4 Å².